The molecule has 33 heavy (non-hydrogen) atoms. The van der Waals surface area contributed by atoms with Crippen molar-refractivity contribution in [2.75, 3.05) is 11.9 Å². The minimum Gasteiger partial charge on any atom is -0.484 e. The maximum absolute atomic E-state index is 12.0. The second-order valence-corrected chi connectivity index (χ2v) is 8.15. The number of anilines is 1. The first-order valence-corrected chi connectivity index (χ1v) is 11.2. The molecule has 0 aliphatic carbocycles. The van der Waals surface area contributed by atoms with Crippen LogP contribution in [0.3, 0.4) is 0 Å². The SMILES string of the molecule is CC[C@H](C)c1ccc2oc(-c3ccc(NC(=S)NC(=O)COc4ccccc4)cc3)nc2c1. The average Bonchev–Trinajstić information content (AvgIpc) is 3.26. The van der Waals surface area contributed by atoms with Crippen LogP contribution in [0.4, 0.5) is 5.69 Å². The van der Waals surface area contributed by atoms with Crippen LogP contribution in [0, 0.1) is 0 Å². The van der Waals surface area contributed by atoms with Gasteiger partial charge in [-0.3, -0.25) is 10.1 Å². The van der Waals surface area contributed by atoms with Crippen molar-refractivity contribution in [3.8, 4) is 17.2 Å². The Morgan fingerprint density at radius 1 is 1.09 bits per heavy atom. The second kappa shape index (κ2) is 10.3. The average molecular weight is 460 g/mol. The van der Waals surface area contributed by atoms with Gasteiger partial charge in [-0.05, 0) is 78.7 Å². The Balaban J connectivity index is 1.35. The number of para-hydroxylation sites is 1. The third-order valence-electron chi connectivity index (χ3n) is 5.35. The topological polar surface area (TPSA) is 76.4 Å². The Kier molecular flexibility index (Phi) is 7.00. The van der Waals surface area contributed by atoms with E-state index >= 15 is 0 Å². The van der Waals surface area contributed by atoms with E-state index in [9.17, 15) is 4.79 Å². The molecule has 0 aliphatic heterocycles. The Labute approximate surface area is 198 Å². The zero-order valence-electron chi connectivity index (χ0n) is 18.5. The Morgan fingerprint density at radius 3 is 2.58 bits per heavy atom. The summed E-state index contributed by atoms with van der Waals surface area (Å²) in [6.07, 6.45) is 1.08. The molecule has 0 saturated heterocycles. The minimum atomic E-state index is -0.337. The molecule has 1 aromatic heterocycles. The lowest BCUT2D eigenvalue weighted by Crippen LogP contribution is -2.37. The summed E-state index contributed by atoms with van der Waals surface area (Å²) in [6.45, 7) is 4.26. The van der Waals surface area contributed by atoms with Crippen LogP contribution in [0.25, 0.3) is 22.6 Å². The molecule has 4 aromatic rings. The van der Waals surface area contributed by atoms with Crippen molar-refractivity contribution in [2.45, 2.75) is 26.2 Å². The number of hydrogen-bond donors (Lipinski definition) is 2. The highest BCUT2D eigenvalue weighted by Gasteiger charge is 2.12. The number of benzene rings is 3. The number of hydrogen-bond acceptors (Lipinski definition) is 5. The van der Waals surface area contributed by atoms with Crippen LogP contribution in [-0.2, 0) is 4.79 Å². The lowest BCUT2D eigenvalue weighted by molar-refractivity contribution is -0.121. The van der Waals surface area contributed by atoms with E-state index in [2.05, 4.69) is 41.6 Å². The lowest BCUT2D eigenvalue weighted by atomic mass is 9.98. The Hall–Kier alpha value is -3.71. The maximum Gasteiger partial charge on any atom is 0.264 e. The fraction of sp³-hybridized carbons (Fsp3) is 0.192. The van der Waals surface area contributed by atoms with E-state index in [0.29, 0.717) is 17.6 Å². The second-order valence-electron chi connectivity index (χ2n) is 7.74. The van der Waals surface area contributed by atoms with Crippen molar-refractivity contribution < 1.29 is 13.9 Å². The normalized spacial score (nSPS) is 11.7. The van der Waals surface area contributed by atoms with Crippen LogP contribution in [-0.4, -0.2) is 22.6 Å². The number of nitrogens with zero attached hydrogens (tertiary/aromatic N) is 1. The van der Waals surface area contributed by atoms with E-state index in [0.717, 1.165) is 28.8 Å². The molecule has 2 N–H and O–H groups in total. The van der Waals surface area contributed by atoms with Crippen LogP contribution < -0.4 is 15.4 Å². The summed E-state index contributed by atoms with van der Waals surface area (Å²) in [5, 5.41) is 5.80. The summed E-state index contributed by atoms with van der Waals surface area (Å²) in [6, 6.07) is 22.8. The summed E-state index contributed by atoms with van der Waals surface area (Å²) in [5.41, 5.74) is 4.47. The lowest BCUT2D eigenvalue weighted by Gasteiger charge is -2.10. The molecule has 7 heteroatoms. The van der Waals surface area contributed by atoms with Gasteiger partial charge in [-0.25, -0.2) is 4.98 Å². The molecular formula is C26H25N3O3S. The Bertz CT molecular complexity index is 1250. The first-order valence-electron chi connectivity index (χ1n) is 10.8. The molecule has 1 atom stereocenters. The number of carbonyl (C=O) groups is 1. The first kappa shape index (κ1) is 22.5. The van der Waals surface area contributed by atoms with Crippen LogP contribution in [0.5, 0.6) is 5.75 Å². The summed E-state index contributed by atoms with van der Waals surface area (Å²) in [5.74, 6) is 1.33. The van der Waals surface area contributed by atoms with Crippen LogP contribution >= 0.6 is 12.2 Å². The van der Waals surface area contributed by atoms with Gasteiger partial charge >= 0.3 is 0 Å². The zero-order valence-corrected chi connectivity index (χ0v) is 19.3. The molecule has 1 heterocycles. The van der Waals surface area contributed by atoms with E-state index in [1.165, 1.54) is 5.56 Å². The highest BCUT2D eigenvalue weighted by atomic mass is 32.1. The summed E-state index contributed by atoms with van der Waals surface area (Å²) in [4.78, 5) is 16.7. The third-order valence-corrected chi connectivity index (χ3v) is 5.55. The highest BCUT2D eigenvalue weighted by Crippen LogP contribution is 2.28. The number of amides is 1. The van der Waals surface area contributed by atoms with Crippen molar-refractivity contribution in [1.82, 2.24) is 10.3 Å². The minimum absolute atomic E-state index is 0.124. The predicted octanol–water partition coefficient (Wildman–Crippen LogP) is 5.90. The van der Waals surface area contributed by atoms with Crippen molar-refractivity contribution in [1.29, 1.82) is 0 Å². The molecular weight excluding hydrogens is 434 g/mol. The number of rotatable bonds is 7. The Morgan fingerprint density at radius 2 is 1.85 bits per heavy atom. The van der Waals surface area contributed by atoms with Gasteiger partial charge in [0, 0.05) is 11.3 Å². The van der Waals surface area contributed by atoms with Crippen molar-refractivity contribution >= 4 is 40.0 Å². The molecule has 0 bridgehead atoms. The van der Waals surface area contributed by atoms with E-state index in [1.54, 1.807) is 12.1 Å². The highest BCUT2D eigenvalue weighted by molar-refractivity contribution is 7.80. The van der Waals surface area contributed by atoms with Crippen molar-refractivity contribution in [2.24, 2.45) is 0 Å². The number of aromatic nitrogens is 1. The molecule has 0 aliphatic rings. The van der Waals surface area contributed by atoms with Crippen molar-refractivity contribution in [3.05, 3.63) is 78.4 Å². The van der Waals surface area contributed by atoms with Gasteiger partial charge in [-0.1, -0.05) is 38.1 Å². The molecule has 168 valence electrons. The molecule has 0 saturated carbocycles. The fourth-order valence-corrected chi connectivity index (χ4v) is 3.53. The van der Waals surface area contributed by atoms with Gasteiger partial charge in [-0.2, -0.15) is 0 Å². The van der Waals surface area contributed by atoms with E-state index in [-0.39, 0.29) is 17.6 Å². The zero-order chi connectivity index (χ0) is 23.2. The molecule has 4 rings (SSSR count). The predicted molar refractivity (Wildman–Crippen MR) is 134 cm³/mol. The molecule has 0 unspecified atom stereocenters. The van der Waals surface area contributed by atoms with Crippen LogP contribution in [0.15, 0.2) is 77.2 Å². The molecule has 3 aromatic carbocycles. The molecule has 0 radical (unpaired) electrons. The molecule has 0 fully saturated rings. The number of carbonyl (C=O) groups excluding carboxylic acids is 1. The van der Waals surface area contributed by atoms with E-state index in [1.807, 2.05) is 48.5 Å². The largest absolute Gasteiger partial charge is 0.484 e. The smallest absolute Gasteiger partial charge is 0.264 e. The first-order chi connectivity index (χ1) is 16.0. The van der Waals surface area contributed by atoms with Gasteiger partial charge in [0.1, 0.15) is 11.3 Å². The summed E-state index contributed by atoms with van der Waals surface area (Å²) >= 11 is 5.23. The van der Waals surface area contributed by atoms with E-state index < -0.39 is 0 Å². The van der Waals surface area contributed by atoms with Gasteiger partial charge < -0.3 is 14.5 Å². The quantitative estimate of drug-likeness (QED) is 0.335. The standard InChI is InChI=1S/C26H25N3O3S/c1-3-17(2)19-11-14-23-22(15-19)28-25(32-23)18-9-12-20(13-10-18)27-26(33)29-24(30)16-31-21-7-5-4-6-8-21/h4-15,17H,3,16H2,1-2H3,(H2,27,29,30,33)/t17-/m0/s1. The van der Waals surface area contributed by atoms with Gasteiger partial charge in [0.15, 0.2) is 17.3 Å². The maximum atomic E-state index is 12.0. The number of nitrogens with one attached hydrogen (secondary N) is 2. The molecule has 6 nitrogen and oxygen atoms in total. The number of thiocarbonyl (C=S) groups is 1. The van der Waals surface area contributed by atoms with Gasteiger partial charge in [0.2, 0.25) is 5.89 Å². The molecule has 0 spiro atoms. The number of oxazole rings is 1. The van der Waals surface area contributed by atoms with Crippen molar-refractivity contribution in [3.63, 3.8) is 0 Å². The third kappa shape index (κ3) is 5.75. The summed E-state index contributed by atoms with van der Waals surface area (Å²) < 4.78 is 11.3. The summed E-state index contributed by atoms with van der Waals surface area (Å²) in [7, 11) is 0. The number of ether oxygens (including phenoxy) is 1. The van der Waals surface area contributed by atoms with E-state index in [4.69, 9.17) is 21.4 Å². The van der Waals surface area contributed by atoms with Gasteiger partial charge in [-0.15, -0.1) is 0 Å². The monoisotopic (exact) mass is 459 g/mol. The van der Waals surface area contributed by atoms with Gasteiger partial charge in [0.05, 0.1) is 0 Å². The molecule has 1 amide bonds. The van der Waals surface area contributed by atoms with Crippen LogP contribution in [0.2, 0.25) is 0 Å². The van der Waals surface area contributed by atoms with Crippen LogP contribution in [0.1, 0.15) is 31.7 Å². The fourth-order valence-electron chi connectivity index (χ4n) is 3.30. The number of fused-ring (bicyclic) bond motifs is 1. The van der Waals surface area contributed by atoms with Gasteiger partial charge in [0.25, 0.3) is 5.91 Å².